The van der Waals surface area contributed by atoms with Crippen molar-refractivity contribution in [3.05, 3.63) is 99.5 Å². The monoisotopic (exact) mass is 520 g/mol. The van der Waals surface area contributed by atoms with Crippen LogP contribution in [0.2, 0.25) is 0 Å². The van der Waals surface area contributed by atoms with Crippen molar-refractivity contribution in [3.8, 4) is 17.2 Å². The smallest absolute Gasteiger partial charge is 0.348 e. The number of para-hydroxylation sites is 1. The number of rotatable bonds is 10. The lowest BCUT2D eigenvalue weighted by Gasteiger charge is -2.20. The summed E-state index contributed by atoms with van der Waals surface area (Å²) in [5.74, 6) is -1.29. The molecule has 1 heterocycles. The van der Waals surface area contributed by atoms with Crippen LogP contribution >= 0.6 is 0 Å². The van der Waals surface area contributed by atoms with E-state index >= 15 is 0 Å². The number of aromatic carboxylic acids is 1. The highest BCUT2D eigenvalue weighted by atomic mass is 19.1. The van der Waals surface area contributed by atoms with E-state index in [9.17, 15) is 19.1 Å². The van der Waals surface area contributed by atoms with Gasteiger partial charge in [-0.15, -0.1) is 5.10 Å². The molecule has 4 rings (SSSR count). The summed E-state index contributed by atoms with van der Waals surface area (Å²) in [4.78, 5) is 27.3. The van der Waals surface area contributed by atoms with Crippen LogP contribution in [-0.2, 0) is 0 Å². The van der Waals surface area contributed by atoms with Crippen molar-refractivity contribution in [2.45, 2.75) is 13.0 Å². The maximum Gasteiger partial charge on any atom is 0.348 e. The van der Waals surface area contributed by atoms with Crippen molar-refractivity contribution in [3.63, 3.8) is 0 Å². The highest BCUT2D eigenvalue weighted by Gasteiger charge is 2.24. The van der Waals surface area contributed by atoms with E-state index in [2.05, 4.69) is 15.4 Å². The Balaban J connectivity index is 1.85. The number of H-pyrrole nitrogens is 1. The van der Waals surface area contributed by atoms with Crippen LogP contribution in [0.15, 0.2) is 65.5 Å². The standard InChI is InChI=1S/C26H25FN6O5/c1-3-38-21-12-14(8-11-20(21)37-2)22(30-15-9-10-16(23(28)29)18(27)13-15)24-31-26(36)33(32-24)19-7-5-4-6-17(19)25(34)35/h4-13,22,30H,3H2,1-2H3,(H3,28,29)(H,34,35)(H,31,32,36)/t22-/m0/s1. The molecular formula is C26H25FN6O5. The highest BCUT2D eigenvalue weighted by molar-refractivity contribution is 5.95. The Kier molecular flexibility index (Phi) is 7.42. The van der Waals surface area contributed by atoms with E-state index in [0.717, 1.165) is 4.68 Å². The molecule has 6 N–H and O–H groups in total. The molecular weight excluding hydrogens is 495 g/mol. The third kappa shape index (κ3) is 5.19. The number of nitrogens with two attached hydrogens (primary N) is 1. The zero-order valence-corrected chi connectivity index (χ0v) is 20.5. The summed E-state index contributed by atoms with van der Waals surface area (Å²) in [6.45, 7) is 2.19. The summed E-state index contributed by atoms with van der Waals surface area (Å²) >= 11 is 0. The van der Waals surface area contributed by atoms with Crippen molar-refractivity contribution < 1.29 is 23.8 Å². The lowest BCUT2D eigenvalue weighted by Crippen LogP contribution is -2.18. The van der Waals surface area contributed by atoms with Gasteiger partial charge in [0.1, 0.15) is 17.7 Å². The molecule has 0 aliphatic rings. The molecule has 0 fully saturated rings. The Bertz CT molecular complexity index is 1560. The molecule has 0 spiro atoms. The third-order valence-electron chi connectivity index (χ3n) is 5.66. The number of hydrogen-bond donors (Lipinski definition) is 5. The first-order valence-electron chi connectivity index (χ1n) is 11.5. The predicted octanol–water partition coefficient (Wildman–Crippen LogP) is 3.29. The van der Waals surface area contributed by atoms with Crippen LogP contribution in [-0.4, -0.2) is 45.4 Å². The minimum absolute atomic E-state index is 0.0573. The number of benzene rings is 3. The molecule has 4 aromatic rings. The molecule has 0 saturated carbocycles. The fourth-order valence-corrected chi connectivity index (χ4v) is 3.91. The number of halogens is 1. The number of aromatic nitrogens is 3. The summed E-state index contributed by atoms with van der Waals surface area (Å²) < 4.78 is 26.6. The quantitative estimate of drug-likeness (QED) is 0.157. The van der Waals surface area contributed by atoms with Crippen molar-refractivity contribution in [2.75, 3.05) is 19.0 Å². The Hall–Kier alpha value is -5.13. The van der Waals surface area contributed by atoms with Crippen LogP contribution in [0, 0.1) is 11.2 Å². The van der Waals surface area contributed by atoms with E-state index in [0.29, 0.717) is 29.4 Å². The van der Waals surface area contributed by atoms with Crippen LogP contribution in [0.4, 0.5) is 10.1 Å². The number of ether oxygens (including phenoxy) is 2. The molecule has 0 saturated heterocycles. The Morgan fingerprint density at radius 1 is 1.18 bits per heavy atom. The van der Waals surface area contributed by atoms with Gasteiger partial charge < -0.3 is 25.6 Å². The van der Waals surface area contributed by atoms with Gasteiger partial charge >= 0.3 is 11.7 Å². The molecule has 1 atom stereocenters. The Labute approximate surface area is 216 Å². The van der Waals surface area contributed by atoms with Gasteiger partial charge in [0.05, 0.1) is 30.5 Å². The number of methoxy groups -OCH3 is 1. The average molecular weight is 521 g/mol. The Morgan fingerprint density at radius 3 is 2.61 bits per heavy atom. The highest BCUT2D eigenvalue weighted by Crippen LogP contribution is 2.33. The van der Waals surface area contributed by atoms with Gasteiger partial charge in [-0.2, -0.15) is 4.68 Å². The number of nitrogen functional groups attached to an aromatic ring is 1. The van der Waals surface area contributed by atoms with Gasteiger partial charge in [0.25, 0.3) is 0 Å². The number of nitrogens with zero attached hydrogens (tertiary/aromatic N) is 2. The number of hydrogen-bond acceptors (Lipinski definition) is 7. The van der Waals surface area contributed by atoms with Gasteiger partial charge in [0.2, 0.25) is 0 Å². The second-order valence-corrected chi connectivity index (χ2v) is 8.08. The van der Waals surface area contributed by atoms with Gasteiger partial charge in [-0.05, 0) is 55.0 Å². The summed E-state index contributed by atoms with van der Waals surface area (Å²) in [5, 5.41) is 24.6. The van der Waals surface area contributed by atoms with Crippen molar-refractivity contribution in [1.29, 1.82) is 5.41 Å². The molecule has 0 bridgehead atoms. The van der Waals surface area contributed by atoms with Crippen LogP contribution in [0.3, 0.4) is 0 Å². The second-order valence-electron chi connectivity index (χ2n) is 8.08. The lowest BCUT2D eigenvalue weighted by atomic mass is 10.0. The molecule has 1 aromatic heterocycles. The first-order valence-corrected chi connectivity index (χ1v) is 11.5. The van der Waals surface area contributed by atoms with E-state index in [4.69, 9.17) is 20.6 Å². The number of amidine groups is 1. The van der Waals surface area contributed by atoms with Gasteiger partial charge in [-0.1, -0.05) is 18.2 Å². The summed E-state index contributed by atoms with van der Waals surface area (Å²) in [5.41, 5.74) is 5.57. The molecule has 0 radical (unpaired) electrons. The first kappa shape index (κ1) is 25.9. The summed E-state index contributed by atoms with van der Waals surface area (Å²) in [6, 6.07) is 14.3. The molecule has 0 aliphatic carbocycles. The van der Waals surface area contributed by atoms with Gasteiger partial charge in [-0.3, -0.25) is 10.4 Å². The number of nitrogens with one attached hydrogen (secondary N) is 3. The van der Waals surface area contributed by atoms with Crippen LogP contribution in [0.25, 0.3) is 5.69 Å². The lowest BCUT2D eigenvalue weighted by molar-refractivity contribution is 0.0696. The minimum atomic E-state index is -1.22. The van der Waals surface area contributed by atoms with E-state index < -0.39 is 29.4 Å². The molecule has 0 aliphatic heterocycles. The zero-order chi connectivity index (χ0) is 27.4. The topological polar surface area (TPSA) is 168 Å². The molecule has 0 amide bonds. The molecule has 0 unspecified atom stereocenters. The number of anilines is 1. The SMILES string of the molecule is CCOc1cc([C@H](Nc2ccc(C(=N)N)c(F)c2)c2nn(-c3ccccc3C(=O)O)c(=O)[nH]2)ccc1OC. The van der Waals surface area contributed by atoms with Gasteiger partial charge in [0.15, 0.2) is 17.3 Å². The molecule has 38 heavy (non-hydrogen) atoms. The van der Waals surface area contributed by atoms with Gasteiger partial charge in [0, 0.05) is 5.69 Å². The molecule has 12 heteroatoms. The minimum Gasteiger partial charge on any atom is -0.493 e. The van der Waals surface area contributed by atoms with E-state index in [1.54, 1.807) is 30.3 Å². The summed E-state index contributed by atoms with van der Waals surface area (Å²) in [6.07, 6.45) is 0. The summed E-state index contributed by atoms with van der Waals surface area (Å²) in [7, 11) is 1.51. The van der Waals surface area contributed by atoms with E-state index in [1.807, 2.05) is 6.92 Å². The maximum absolute atomic E-state index is 14.6. The van der Waals surface area contributed by atoms with Crippen molar-refractivity contribution in [2.24, 2.45) is 5.73 Å². The number of aromatic amines is 1. The third-order valence-corrected chi connectivity index (χ3v) is 5.66. The van der Waals surface area contributed by atoms with Crippen molar-refractivity contribution in [1.82, 2.24) is 14.8 Å². The molecule has 11 nitrogen and oxygen atoms in total. The van der Waals surface area contributed by atoms with Gasteiger partial charge in [-0.25, -0.2) is 14.0 Å². The molecule has 3 aromatic carbocycles. The largest absolute Gasteiger partial charge is 0.493 e. The number of carboxylic acids is 1. The Morgan fingerprint density at radius 2 is 1.95 bits per heavy atom. The normalized spacial score (nSPS) is 11.6. The second kappa shape index (κ2) is 10.9. The van der Waals surface area contributed by atoms with Crippen LogP contribution in [0.5, 0.6) is 11.5 Å². The number of carbonyl (C=O) groups is 1. The average Bonchev–Trinajstić information content (AvgIpc) is 3.28. The first-order chi connectivity index (χ1) is 18.2. The van der Waals surface area contributed by atoms with Crippen LogP contribution in [0.1, 0.15) is 40.3 Å². The number of carboxylic acid groups (broad SMARTS) is 1. The van der Waals surface area contributed by atoms with E-state index in [-0.39, 0.29) is 22.6 Å². The fourth-order valence-electron chi connectivity index (χ4n) is 3.91. The van der Waals surface area contributed by atoms with E-state index in [1.165, 1.54) is 37.4 Å². The molecule has 196 valence electrons. The zero-order valence-electron chi connectivity index (χ0n) is 20.5. The fraction of sp³-hybridized carbons (Fsp3) is 0.154. The van der Waals surface area contributed by atoms with Crippen LogP contribution < -0.4 is 26.2 Å². The maximum atomic E-state index is 14.6. The predicted molar refractivity (Wildman–Crippen MR) is 138 cm³/mol. The van der Waals surface area contributed by atoms with Crippen molar-refractivity contribution >= 4 is 17.5 Å².